The maximum atomic E-state index is 13.9. The fraction of sp³-hybridized carbons (Fsp3) is 0.188. The largest absolute Gasteiger partial charge is 0.399 e. The Bertz CT molecular complexity index is 640. The van der Waals surface area contributed by atoms with Gasteiger partial charge in [-0.1, -0.05) is 12.1 Å². The molecular formula is C16H17FN2O. The maximum Gasteiger partial charge on any atom is 0.261 e. The molecule has 2 N–H and O–H groups in total. The molecule has 0 saturated carbocycles. The van der Waals surface area contributed by atoms with Gasteiger partial charge in [0.05, 0.1) is 5.56 Å². The van der Waals surface area contributed by atoms with Crippen LogP contribution in [-0.2, 0) is 0 Å². The van der Waals surface area contributed by atoms with Crippen LogP contribution < -0.4 is 10.6 Å². The van der Waals surface area contributed by atoms with Gasteiger partial charge in [0.15, 0.2) is 0 Å². The molecule has 0 radical (unpaired) electrons. The van der Waals surface area contributed by atoms with Crippen molar-refractivity contribution in [3.63, 3.8) is 0 Å². The van der Waals surface area contributed by atoms with Crippen LogP contribution in [-0.4, -0.2) is 12.5 Å². The predicted molar refractivity (Wildman–Crippen MR) is 79.3 cm³/mol. The predicted octanol–water partition coefficient (Wildman–Crippen LogP) is 3.38. The van der Waals surface area contributed by atoms with Crippen LogP contribution in [0.15, 0.2) is 42.5 Å². The molecule has 0 unspecified atom stereocenters. The zero-order chi connectivity index (χ0) is 14.7. The third-order valence-corrected chi connectivity index (χ3v) is 3.10. The summed E-state index contributed by atoms with van der Waals surface area (Å²) < 4.78 is 13.9. The van der Waals surface area contributed by atoms with E-state index in [-0.39, 0.29) is 11.5 Å². The molecule has 104 valence electrons. The fourth-order valence-electron chi connectivity index (χ4n) is 2.09. The Labute approximate surface area is 117 Å². The topological polar surface area (TPSA) is 46.3 Å². The Kier molecular flexibility index (Phi) is 4.03. The van der Waals surface area contributed by atoms with E-state index in [1.54, 1.807) is 4.90 Å². The van der Waals surface area contributed by atoms with E-state index in [4.69, 9.17) is 5.73 Å². The van der Waals surface area contributed by atoms with Gasteiger partial charge in [-0.2, -0.15) is 0 Å². The Morgan fingerprint density at radius 2 is 2.00 bits per heavy atom. The molecule has 0 aliphatic rings. The first-order chi connectivity index (χ1) is 9.52. The lowest BCUT2D eigenvalue weighted by atomic mass is 10.1. The number of anilines is 2. The highest BCUT2D eigenvalue weighted by atomic mass is 19.1. The third-order valence-electron chi connectivity index (χ3n) is 3.10. The number of carbonyl (C=O) groups excluding carboxylic acids is 1. The summed E-state index contributed by atoms with van der Waals surface area (Å²) in [4.78, 5) is 14.0. The first-order valence-electron chi connectivity index (χ1n) is 6.46. The van der Waals surface area contributed by atoms with Crippen LogP contribution in [0.3, 0.4) is 0 Å². The lowest BCUT2D eigenvalue weighted by Crippen LogP contribution is -2.31. The molecule has 0 spiro atoms. The number of benzene rings is 2. The molecule has 0 aliphatic heterocycles. The number of nitrogen functional groups attached to an aromatic ring is 1. The monoisotopic (exact) mass is 272 g/mol. The molecule has 2 aromatic carbocycles. The number of hydrogen-bond acceptors (Lipinski definition) is 2. The number of hydrogen-bond donors (Lipinski definition) is 1. The van der Waals surface area contributed by atoms with Crippen molar-refractivity contribution in [3.05, 3.63) is 59.4 Å². The van der Waals surface area contributed by atoms with Crippen molar-refractivity contribution in [1.82, 2.24) is 0 Å². The number of nitrogens with two attached hydrogens (primary N) is 1. The maximum absolute atomic E-state index is 13.9. The molecule has 2 rings (SSSR count). The first kappa shape index (κ1) is 14.1. The van der Waals surface area contributed by atoms with Gasteiger partial charge < -0.3 is 10.6 Å². The summed E-state index contributed by atoms with van der Waals surface area (Å²) in [5.74, 6) is -0.961. The van der Waals surface area contributed by atoms with Crippen molar-refractivity contribution in [2.45, 2.75) is 13.8 Å². The van der Waals surface area contributed by atoms with Crippen molar-refractivity contribution in [3.8, 4) is 0 Å². The highest BCUT2D eigenvalue weighted by molar-refractivity contribution is 6.06. The van der Waals surface area contributed by atoms with Gasteiger partial charge >= 0.3 is 0 Å². The number of rotatable bonds is 3. The highest BCUT2D eigenvalue weighted by Gasteiger charge is 2.19. The summed E-state index contributed by atoms with van der Waals surface area (Å²) in [6.07, 6.45) is 0. The summed E-state index contributed by atoms with van der Waals surface area (Å²) in [7, 11) is 0. The second-order valence-corrected chi connectivity index (χ2v) is 4.63. The minimum absolute atomic E-state index is 0.0301. The molecule has 3 nitrogen and oxygen atoms in total. The zero-order valence-electron chi connectivity index (χ0n) is 11.6. The molecule has 20 heavy (non-hydrogen) atoms. The van der Waals surface area contributed by atoms with Crippen LogP contribution in [0.4, 0.5) is 15.8 Å². The Morgan fingerprint density at radius 3 is 2.60 bits per heavy atom. The summed E-state index contributed by atoms with van der Waals surface area (Å²) in [5.41, 5.74) is 7.64. The van der Waals surface area contributed by atoms with Gasteiger partial charge in [0.25, 0.3) is 5.91 Å². The van der Waals surface area contributed by atoms with Crippen molar-refractivity contribution in [1.29, 1.82) is 0 Å². The van der Waals surface area contributed by atoms with Gasteiger partial charge in [0, 0.05) is 17.9 Å². The van der Waals surface area contributed by atoms with Crippen LogP contribution in [0, 0.1) is 12.7 Å². The molecule has 0 bridgehead atoms. The zero-order valence-corrected chi connectivity index (χ0v) is 11.6. The number of aryl methyl sites for hydroxylation is 1. The number of carbonyl (C=O) groups is 1. The molecule has 0 atom stereocenters. The Morgan fingerprint density at radius 1 is 1.25 bits per heavy atom. The van der Waals surface area contributed by atoms with Crippen LogP contribution in [0.2, 0.25) is 0 Å². The normalized spacial score (nSPS) is 10.3. The summed E-state index contributed by atoms with van der Waals surface area (Å²) in [6.45, 7) is 4.27. The van der Waals surface area contributed by atoms with Gasteiger partial charge in [-0.15, -0.1) is 0 Å². The average molecular weight is 272 g/mol. The minimum atomic E-state index is -0.596. The summed E-state index contributed by atoms with van der Waals surface area (Å²) in [6, 6.07) is 11.7. The van der Waals surface area contributed by atoms with E-state index in [1.807, 2.05) is 38.1 Å². The van der Waals surface area contributed by atoms with E-state index in [0.29, 0.717) is 12.2 Å². The lowest BCUT2D eigenvalue weighted by molar-refractivity contribution is 0.0984. The van der Waals surface area contributed by atoms with Crippen molar-refractivity contribution >= 4 is 17.3 Å². The molecule has 1 amide bonds. The molecule has 4 heteroatoms. The van der Waals surface area contributed by atoms with Gasteiger partial charge in [0.1, 0.15) is 5.82 Å². The van der Waals surface area contributed by atoms with E-state index in [0.717, 1.165) is 17.3 Å². The molecular weight excluding hydrogens is 255 g/mol. The molecule has 2 aromatic rings. The third kappa shape index (κ3) is 2.79. The number of nitrogens with zero attached hydrogens (tertiary/aromatic N) is 1. The average Bonchev–Trinajstić information content (AvgIpc) is 2.39. The smallest absolute Gasteiger partial charge is 0.261 e. The minimum Gasteiger partial charge on any atom is -0.399 e. The number of amides is 1. The molecule has 0 aromatic heterocycles. The van der Waals surface area contributed by atoms with Crippen LogP contribution in [0.5, 0.6) is 0 Å². The molecule has 0 fully saturated rings. The number of halogens is 1. The Hall–Kier alpha value is -2.36. The quantitative estimate of drug-likeness (QED) is 0.871. The Balaban J connectivity index is 2.39. The standard InChI is InChI=1S/C16H17FN2O/c1-3-19(13-6-4-5-11(2)9-13)16(20)14-8-7-12(18)10-15(14)17/h4-10H,3,18H2,1-2H3. The summed E-state index contributed by atoms with van der Waals surface area (Å²) >= 11 is 0. The SMILES string of the molecule is CCN(C(=O)c1ccc(N)cc1F)c1cccc(C)c1. The van der Waals surface area contributed by atoms with Crippen molar-refractivity contribution in [2.75, 3.05) is 17.2 Å². The van der Waals surface area contributed by atoms with Gasteiger partial charge in [-0.25, -0.2) is 4.39 Å². The second-order valence-electron chi connectivity index (χ2n) is 4.63. The van der Waals surface area contributed by atoms with E-state index < -0.39 is 5.82 Å². The molecule has 0 heterocycles. The summed E-state index contributed by atoms with van der Waals surface area (Å²) in [5, 5.41) is 0. The fourth-order valence-corrected chi connectivity index (χ4v) is 2.09. The van der Waals surface area contributed by atoms with E-state index in [9.17, 15) is 9.18 Å². The first-order valence-corrected chi connectivity index (χ1v) is 6.46. The van der Waals surface area contributed by atoms with Crippen LogP contribution >= 0.6 is 0 Å². The van der Waals surface area contributed by atoms with Gasteiger partial charge in [-0.05, 0) is 49.7 Å². The van der Waals surface area contributed by atoms with Gasteiger partial charge in [-0.3, -0.25) is 4.79 Å². The second kappa shape index (κ2) is 5.74. The molecule has 0 saturated heterocycles. The highest BCUT2D eigenvalue weighted by Crippen LogP contribution is 2.20. The van der Waals surface area contributed by atoms with Crippen LogP contribution in [0.25, 0.3) is 0 Å². The van der Waals surface area contributed by atoms with E-state index in [2.05, 4.69) is 0 Å². The molecule has 0 aliphatic carbocycles. The lowest BCUT2D eigenvalue weighted by Gasteiger charge is -2.22. The van der Waals surface area contributed by atoms with Crippen molar-refractivity contribution < 1.29 is 9.18 Å². The van der Waals surface area contributed by atoms with Crippen LogP contribution in [0.1, 0.15) is 22.8 Å². The van der Waals surface area contributed by atoms with Gasteiger partial charge in [0.2, 0.25) is 0 Å². The van der Waals surface area contributed by atoms with E-state index in [1.165, 1.54) is 12.1 Å². The van der Waals surface area contributed by atoms with E-state index >= 15 is 0 Å². The van der Waals surface area contributed by atoms with Crippen molar-refractivity contribution in [2.24, 2.45) is 0 Å².